The highest BCUT2D eigenvalue weighted by molar-refractivity contribution is 6.05. The van der Waals surface area contributed by atoms with E-state index in [1.165, 1.54) is 12.8 Å². The van der Waals surface area contributed by atoms with E-state index in [0.29, 0.717) is 13.2 Å². The lowest BCUT2D eigenvalue weighted by Gasteiger charge is -2.21. The van der Waals surface area contributed by atoms with Gasteiger partial charge in [0, 0.05) is 13.2 Å². The molecule has 0 aromatic heterocycles. The van der Waals surface area contributed by atoms with Crippen molar-refractivity contribution in [1.82, 2.24) is 5.32 Å². The number of nitrogens with one attached hydrogen (secondary N) is 1. The van der Waals surface area contributed by atoms with Crippen LogP contribution in [-0.2, 0) is 9.53 Å². The third-order valence-electron chi connectivity index (χ3n) is 2.90. The Labute approximate surface area is 101 Å². The summed E-state index contributed by atoms with van der Waals surface area (Å²) in [5.41, 5.74) is 4.43. The number of carbonyl (C=O) groups is 1. The second kappa shape index (κ2) is 5.86. The second-order valence-electron chi connectivity index (χ2n) is 4.88. The van der Waals surface area contributed by atoms with Gasteiger partial charge in [0.1, 0.15) is 5.41 Å². The Balaban J connectivity index is 2.18. The summed E-state index contributed by atoms with van der Waals surface area (Å²) < 4.78 is 5.38. The van der Waals surface area contributed by atoms with Gasteiger partial charge in [0.2, 0.25) is 5.91 Å². The van der Waals surface area contributed by atoms with Gasteiger partial charge < -0.3 is 21.0 Å². The summed E-state index contributed by atoms with van der Waals surface area (Å²) in [6.07, 6.45) is 2.51. The average Bonchev–Trinajstić information content (AvgIpc) is 3.10. The molecular weight excluding hydrogens is 222 g/mol. The second-order valence-corrected chi connectivity index (χ2v) is 4.88. The molecule has 6 nitrogen and oxygen atoms in total. The maximum atomic E-state index is 11.7. The summed E-state index contributed by atoms with van der Waals surface area (Å²) in [7, 11) is 0. The van der Waals surface area contributed by atoms with Gasteiger partial charge in [-0.15, -0.1) is 0 Å². The third kappa shape index (κ3) is 4.22. The fourth-order valence-electron chi connectivity index (χ4n) is 1.23. The third-order valence-corrected chi connectivity index (χ3v) is 2.90. The van der Waals surface area contributed by atoms with E-state index in [0.717, 1.165) is 12.5 Å². The van der Waals surface area contributed by atoms with Crippen LogP contribution in [-0.4, -0.2) is 36.7 Å². The van der Waals surface area contributed by atoms with Crippen LogP contribution in [0.25, 0.3) is 0 Å². The van der Waals surface area contributed by atoms with Crippen molar-refractivity contribution in [1.29, 1.82) is 0 Å². The monoisotopic (exact) mass is 243 g/mol. The Hall–Kier alpha value is -1.30. The number of carbonyl (C=O) groups excluding carboxylic acids is 1. The van der Waals surface area contributed by atoms with E-state index in [2.05, 4.69) is 10.5 Å². The largest absolute Gasteiger partial charge is 0.409 e. The Bertz CT molecular complexity index is 298. The van der Waals surface area contributed by atoms with Gasteiger partial charge in [-0.25, -0.2) is 0 Å². The standard InChI is InChI=1S/C11H21N3O3/c1-11(2,9(12)14-16)10(15)13-5-6-17-7-8-3-4-8/h8,16H,3-7H2,1-2H3,(H2,12,14)(H,13,15). The smallest absolute Gasteiger partial charge is 0.233 e. The van der Waals surface area contributed by atoms with Crippen LogP contribution in [0, 0.1) is 11.3 Å². The van der Waals surface area contributed by atoms with Crippen molar-refractivity contribution in [3.05, 3.63) is 0 Å². The molecule has 0 saturated heterocycles. The normalized spacial score (nSPS) is 16.9. The lowest BCUT2D eigenvalue weighted by atomic mass is 9.91. The molecule has 0 radical (unpaired) electrons. The molecule has 0 heterocycles. The van der Waals surface area contributed by atoms with Crippen molar-refractivity contribution in [2.45, 2.75) is 26.7 Å². The summed E-state index contributed by atoms with van der Waals surface area (Å²) in [5.74, 6) is 0.344. The van der Waals surface area contributed by atoms with Crippen molar-refractivity contribution in [3.63, 3.8) is 0 Å². The average molecular weight is 243 g/mol. The molecule has 0 aromatic rings. The van der Waals surface area contributed by atoms with Crippen molar-refractivity contribution < 1.29 is 14.7 Å². The van der Waals surface area contributed by atoms with Gasteiger partial charge in [-0.2, -0.15) is 0 Å². The topological polar surface area (TPSA) is 96.9 Å². The molecule has 0 atom stereocenters. The van der Waals surface area contributed by atoms with E-state index >= 15 is 0 Å². The molecule has 1 amide bonds. The first-order valence-corrected chi connectivity index (χ1v) is 5.82. The maximum absolute atomic E-state index is 11.7. The van der Waals surface area contributed by atoms with Crippen molar-refractivity contribution in [2.75, 3.05) is 19.8 Å². The van der Waals surface area contributed by atoms with Gasteiger partial charge in [0.15, 0.2) is 5.84 Å². The Morgan fingerprint density at radius 3 is 2.76 bits per heavy atom. The number of ether oxygens (including phenoxy) is 1. The van der Waals surface area contributed by atoms with Crippen LogP contribution in [0.5, 0.6) is 0 Å². The molecule has 17 heavy (non-hydrogen) atoms. The number of nitrogens with two attached hydrogens (primary N) is 1. The molecule has 1 aliphatic rings. The summed E-state index contributed by atoms with van der Waals surface area (Å²) >= 11 is 0. The highest BCUT2D eigenvalue weighted by Crippen LogP contribution is 2.28. The Morgan fingerprint density at radius 2 is 2.24 bits per heavy atom. The predicted molar refractivity (Wildman–Crippen MR) is 63.7 cm³/mol. The number of hydrogen-bond acceptors (Lipinski definition) is 4. The summed E-state index contributed by atoms with van der Waals surface area (Å²) in [6.45, 7) is 4.91. The minimum atomic E-state index is -1.01. The van der Waals surface area contributed by atoms with Gasteiger partial charge in [-0.3, -0.25) is 4.79 Å². The molecule has 0 aromatic carbocycles. The van der Waals surface area contributed by atoms with Gasteiger partial charge in [-0.05, 0) is 32.6 Å². The zero-order valence-corrected chi connectivity index (χ0v) is 10.4. The van der Waals surface area contributed by atoms with Gasteiger partial charge in [0.05, 0.1) is 6.61 Å². The molecule has 6 heteroatoms. The van der Waals surface area contributed by atoms with Crippen molar-refractivity contribution in [3.8, 4) is 0 Å². The van der Waals surface area contributed by atoms with Crippen LogP contribution in [0.2, 0.25) is 0 Å². The Morgan fingerprint density at radius 1 is 1.59 bits per heavy atom. The number of oxime groups is 1. The minimum absolute atomic E-state index is 0.103. The highest BCUT2D eigenvalue weighted by atomic mass is 16.5. The summed E-state index contributed by atoms with van der Waals surface area (Å²) in [5, 5.41) is 14.1. The number of rotatable bonds is 7. The zero-order chi connectivity index (χ0) is 12.9. The Kier molecular flexibility index (Phi) is 4.74. The first kappa shape index (κ1) is 13.8. The van der Waals surface area contributed by atoms with Crippen molar-refractivity contribution >= 4 is 11.7 Å². The molecule has 1 fully saturated rings. The van der Waals surface area contributed by atoms with Crippen LogP contribution in [0.15, 0.2) is 5.16 Å². The minimum Gasteiger partial charge on any atom is -0.409 e. The lowest BCUT2D eigenvalue weighted by molar-refractivity contribution is -0.126. The predicted octanol–water partition coefficient (Wildman–Crippen LogP) is 0.302. The molecule has 0 bridgehead atoms. The molecule has 1 aliphatic carbocycles. The van der Waals surface area contributed by atoms with Gasteiger partial charge in [-0.1, -0.05) is 5.16 Å². The highest BCUT2D eigenvalue weighted by Gasteiger charge is 2.32. The SMILES string of the molecule is CC(C)(C(=O)NCCOCC1CC1)C(N)=NO. The fraction of sp³-hybridized carbons (Fsp3) is 0.818. The number of nitrogens with zero attached hydrogens (tertiary/aromatic N) is 1. The van der Waals surface area contributed by atoms with Crippen LogP contribution in [0.3, 0.4) is 0 Å². The first-order valence-electron chi connectivity index (χ1n) is 5.82. The van der Waals surface area contributed by atoms with E-state index in [1.807, 2.05) is 0 Å². The quantitative estimate of drug-likeness (QED) is 0.197. The molecule has 4 N–H and O–H groups in total. The number of amidine groups is 1. The number of amides is 1. The van der Waals surface area contributed by atoms with Crippen molar-refractivity contribution in [2.24, 2.45) is 22.2 Å². The summed E-state index contributed by atoms with van der Waals surface area (Å²) in [6, 6.07) is 0. The zero-order valence-electron chi connectivity index (χ0n) is 10.4. The van der Waals surface area contributed by atoms with Gasteiger partial charge in [0.25, 0.3) is 0 Å². The molecule has 1 rings (SSSR count). The maximum Gasteiger partial charge on any atom is 0.233 e. The molecule has 98 valence electrons. The van der Waals surface area contributed by atoms with Crippen LogP contribution in [0.1, 0.15) is 26.7 Å². The van der Waals surface area contributed by atoms with Crippen LogP contribution in [0.4, 0.5) is 0 Å². The fourth-order valence-corrected chi connectivity index (χ4v) is 1.23. The van der Waals surface area contributed by atoms with E-state index in [9.17, 15) is 4.79 Å². The summed E-state index contributed by atoms with van der Waals surface area (Å²) in [4.78, 5) is 11.7. The van der Waals surface area contributed by atoms with Crippen LogP contribution < -0.4 is 11.1 Å². The molecular formula is C11H21N3O3. The molecule has 0 aliphatic heterocycles. The molecule has 0 unspecified atom stereocenters. The van der Waals surface area contributed by atoms with E-state index in [-0.39, 0.29) is 11.7 Å². The lowest BCUT2D eigenvalue weighted by Crippen LogP contribution is -2.46. The molecule has 0 spiro atoms. The first-order chi connectivity index (χ1) is 7.98. The van der Waals surface area contributed by atoms with E-state index < -0.39 is 5.41 Å². The van der Waals surface area contributed by atoms with Crippen LogP contribution >= 0.6 is 0 Å². The molecule has 1 saturated carbocycles. The van der Waals surface area contributed by atoms with E-state index in [4.69, 9.17) is 15.7 Å². The van der Waals surface area contributed by atoms with Gasteiger partial charge >= 0.3 is 0 Å². The number of hydrogen-bond donors (Lipinski definition) is 3. The van der Waals surface area contributed by atoms with E-state index in [1.54, 1.807) is 13.8 Å².